The van der Waals surface area contributed by atoms with E-state index < -0.39 is 0 Å². The highest BCUT2D eigenvalue weighted by atomic mass is 35.5. The Morgan fingerprint density at radius 1 is 1.18 bits per heavy atom. The maximum Gasteiger partial charge on any atom is 0.259 e. The molecule has 0 radical (unpaired) electrons. The number of anilines is 1. The second-order valence-corrected chi connectivity index (χ2v) is 8.81. The van der Waals surface area contributed by atoms with Gasteiger partial charge >= 0.3 is 0 Å². The number of nitrogens with zero attached hydrogens (tertiary/aromatic N) is 1. The third-order valence-electron chi connectivity index (χ3n) is 4.59. The molecule has 1 aliphatic heterocycles. The molecule has 0 atom stereocenters. The van der Waals surface area contributed by atoms with Crippen molar-refractivity contribution in [2.75, 3.05) is 25.3 Å². The number of nitrogens with one attached hydrogen (secondary N) is 1. The zero-order valence-corrected chi connectivity index (χ0v) is 17.8. The Balaban J connectivity index is 1.76. The van der Waals surface area contributed by atoms with Crippen molar-refractivity contribution in [3.8, 4) is 16.5 Å². The van der Waals surface area contributed by atoms with Crippen LogP contribution in [0.5, 0.6) is 11.5 Å². The third kappa shape index (κ3) is 3.50. The Morgan fingerprint density at radius 3 is 2.64 bits per heavy atom. The van der Waals surface area contributed by atoms with Crippen LogP contribution in [-0.2, 0) is 12.2 Å². The van der Waals surface area contributed by atoms with Crippen molar-refractivity contribution in [1.82, 2.24) is 4.57 Å². The number of fused-ring (bicyclic) bond motifs is 1. The molecule has 3 heterocycles. The molecular weight excluding hydrogens is 416 g/mol. The van der Waals surface area contributed by atoms with Crippen molar-refractivity contribution in [1.29, 1.82) is 0 Å². The van der Waals surface area contributed by atoms with Gasteiger partial charge in [0.05, 0.1) is 30.5 Å². The zero-order valence-electron chi connectivity index (χ0n) is 15.5. The number of carbonyl (C=O) groups is 1. The molecule has 0 fully saturated rings. The number of thiophene rings is 1. The van der Waals surface area contributed by atoms with E-state index in [1.54, 1.807) is 30.6 Å². The van der Waals surface area contributed by atoms with E-state index in [-0.39, 0.29) is 5.91 Å². The number of carbonyl (C=O) groups excluding carboxylic acids is 1. The lowest BCUT2D eigenvalue weighted by molar-refractivity contribution is 0.102. The highest BCUT2D eigenvalue weighted by Crippen LogP contribution is 2.40. The Morgan fingerprint density at radius 2 is 1.93 bits per heavy atom. The summed E-state index contributed by atoms with van der Waals surface area (Å²) in [4.78, 5) is 14.6. The van der Waals surface area contributed by atoms with Gasteiger partial charge in [0.2, 0.25) is 0 Å². The maximum absolute atomic E-state index is 13.4. The van der Waals surface area contributed by atoms with E-state index in [2.05, 4.69) is 5.32 Å². The van der Waals surface area contributed by atoms with Crippen LogP contribution in [0.1, 0.15) is 20.8 Å². The van der Waals surface area contributed by atoms with Crippen LogP contribution in [-0.4, -0.2) is 30.4 Å². The summed E-state index contributed by atoms with van der Waals surface area (Å²) < 4.78 is 12.7. The molecule has 3 aromatic rings. The van der Waals surface area contributed by atoms with E-state index in [0.29, 0.717) is 22.2 Å². The van der Waals surface area contributed by atoms with Crippen molar-refractivity contribution < 1.29 is 14.3 Å². The predicted molar refractivity (Wildman–Crippen MR) is 116 cm³/mol. The van der Waals surface area contributed by atoms with E-state index in [4.69, 9.17) is 21.1 Å². The van der Waals surface area contributed by atoms with Gasteiger partial charge in [-0.25, -0.2) is 0 Å². The van der Waals surface area contributed by atoms with Gasteiger partial charge in [0, 0.05) is 35.2 Å². The lowest BCUT2D eigenvalue weighted by Gasteiger charge is -2.15. The number of methoxy groups -OCH3 is 2. The van der Waals surface area contributed by atoms with Crippen molar-refractivity contribution in [3.05, 3.63) is 57.7 Å². The predicted octanol–water partition coefficient (Wildman–Crippen LogP) is 5.25. The molecule has 0 spiro atoms. The molecule has 28 heavy (non-hydrogen) atoms. The average Bonchev–Trinajstić information content (AvgIpc) is 3.36. The smallest absolute Gasteiger partial charge is 0.259 e. The van der Waals surface area contributed by atoms with Gasteiger partial charge in [-0.1, -0.05) is 11.6 Å². The number of halogens is 1. The minimum absolute atomic E-state index is 0.157. The average molecular weight is 435 g/mol. The number of ether oxygens (including phenoxy) is 2. The number of thioether (sulfide) groups is 1. The summed E-state index contributed by atoms with van der Waals surface area (Å²) in [7, 11) is 3.08. The van der Waals surface area contributed by atoms with E-state index in [1.165, 1.54) is 12.0 Å². The Labute approximate surface area is 176 Å². The molecular formula is C20H19ClN2O3S2. The van der Waals surface area contributed by atoms with Crippen LogP contribution in [0.3, 0.4) is 0 Å². The van der Waals surface area contributed by atoms with Crippen LogP contribution in [0.4, 0.5) is 5.69 Å². The number of aromatic nitrogens is 1. The van der Waals surface area contributed by atoms with Gasteiger partial charge in [0.25, 0.3) is 5.91 Å². The van der Waals surface area contributed by atoms with E-state index in [1.807, 2.05) is 40.9 Å². The largest absolute Gasteiger partial charge is 0.495 e. The normalized spacial score (nSPS) is 13.1. The summed E-state index contributed by atoms with van der Waals surface area (Å²) >= 11 is 9.77. The van der Waals surface area contributed by atoms with E-state index in [9.17, 15) is 4.79 Å². The van der Waals surface area contributed by atoms with Gasteiger partial charge in [-0.3, -0.25) is 4.79 Å². The van der Waals surface area contributed by atoms with Gasteiger partial charge in [-0.05, 0) is 29.9 Å². The number of hydrogen-bond acceptors (Lipinski definition) is 5. The molecule has 1 amide bonds. The van der Waals surface area contributed by atoms with Crippen LogP contribution in [0.2, 0.25) is 5.02 Å². The fourth-order valence-corrected chi connectivity index (χ4v) is 5.92. The number of amides is 1. The first-order valence-corrected chi connectivity index (χ1v) is 11.1. The lowest BCUT2D eigenvalue weighted by Crippen LogP contribution is -2.17. The number of rotatable bonds is 5. The summed E-state index contributed by atoms with van der Waals surface area (Å²) in [6.45, 7) is 0. The monoisotopic (exact) mass is 434 g/mol. The Kier molecular flexibility index (Phi) is 5.57. The fraction of sp³-hybridized carbons (Fsp3) is 0.250. The zero-order chi connectivity index (χ0) is 19.7. The van der Waals surface area contributed by atoms with Crippen LogP contribution in [0.25, 0.3) is 5.00 Å². The first-order chi connectivity index (χ1) is 13.6. The molecule has 0 saturated carbocycles. The van der Waals surface area contributed by atoms with Gasteiger partial charge in [-0.15, -0.1) is 11.3 Å². The molecule has 8 heteroatoms. The standard InChI is InChI=1S/C20H19ClN2O3S2/c1-25-15-10-14(16(26-2)9-13(15)21)22-19(24)18-12-5-8-27-11-17(12)28-20(18)23-6-3-4-7-23/h3-4,6-7,9-10H,5,8,11H2,1-2H3,(H,22,24). The molecule has 1 aliphatic rings. The SMILES string of the molecule is COc1cc(NC(=O)c2c(-n3cccc3)sc3c2CCSC3)c(OC)cc1Cl. The highest BCUT2D eigenvalue weighted by Gasteiger charge is 2.27. The molecule has 0 saturated heterocycles. The van der Waals surface area contributed by atoms with Gasteiger partial charge < -0.3 is 19.4 Å². The summed E-state index contributed by atoms with van der Waals surface area (Å²) in [5, 5.41) is 4.37. The fourth-order valence-electron chi connectivity index (χ4n) is 3.25. The lowest BCUT2D eigenvalue weighted by atomic mass is 10.1. The molecule has 0 aliphatic carbocycles. The Hall–Kier alpha value is -2.09. The second kappa shape index (κ2) is 8.11. The van der Waals surface area contributed by atoms with Gasteiger partial charge in [-0.2, -0.15) is 11.8 Å². The molecule has 4 rings (SSSR count). The quantitative estimate of drug-likeness (QED) is 0.595. The van der Waals surface area contributed by atoms with Crippen molar-refractivity contribution in [2.45, 2.75) is 12.2 Å². The van der Waals surface area contributed by atoms with Gasteiger partial charge in [0.1, 0.15) is 16.5 Å². The molecule has 1 N–H and O–H groups in total. The third-order valence-corrected chi connectivity index (χ3v) is 7.30. The summed E-state index contributed by atoms with van der Waals surface area (Å²) in [5.41, 5.74) is 2.40. The summed E-state index contributed by atoms with van der Waals surface area (Å²) in [6.07, 6.45) is 4.82. The maximum atomic E-state index is 13.4. The molecule has 0 unspecified atom stereocenters. The Bertz CT molecular complexity index is 1020. The van der Waals surface area contributed by atoms with Crippen LogP contribution in [0, 0.1) is 0 Å². The minimum Gasteiger partial charge on any atom is -0.495 e. The van der Waals surface area contributed by atoms with Gasteiger partial charge in [0.15, 0.2) is 0 Å². The highest BCUT2D eigenvalue weighted by molar-refractivity contribution is 7.98. The van der Waals surface area contributed by atoms with Crippen LogP contribution in [0.15, 0.2) is 36.7 Å². The first-order valence-electron chi connectivity index (χ1n) is 8.71. The van der Waals surface area contributed by atoms with Crippen LogP contribution < -0.4 is 14.8 Å². The molecule has 0 bridgehead atoms. The van der Waals surface area contributed by atoms with E-state index >= 15 is 0 Å². The number of hydrogen-bond donors (Lipinski definition) is 1. The number of benzene rings is 1. The molecule has 5 nitrogen and oxygen atoms in total. The first kappa shape index (κ1) is 19.2. The topological polar surface area (TPSA) is 52.5 Å². The summed E-state index contributed by atoms with van der Waals surface area (Å²) in [6, 6.07) is 7.25. The molecule has 146 valence electrons. The molecule has 1 aromatic carbocycles. The minimum atomic E-state index is -0.157. The van der Waals surface area contributed by atoms with Crippen molar-refractivity contribution in [3.63, 3.8) is 0 Å². The second-order valence-electron chi connectivity index (χ2n) is 6.22. The van der Waals surface area contributed by atoms with Crippen LogP contribution >= 0.6 is 34.7 Å². The van der Waals surface area contributed by atoms with E-state index in [0.717, 1.165) is 34.1 Å². The van der Waals surface area contributed by atoms with Crippen molar-refractivity contribution >= 4 is 46.3 Å². The summed E-state index contributed by atoms with van der Waals surface area (Å²) in [5.74, 6) is 2.77. The van der Waals surface area contributed by atoms with Crippen molar-refractivity contribution in [2.24, 2.45) is 0 Å². The molecule has 2 aromatic heterocycles.